The maximum absolute atomic E-state index is 8.73. The molecule has 0 aliphatic rings. The lowest BCUT2D eigenvalue weighted by Crippen LogP contribution is -1.91. The van der Waals surface area contributed by atoms with Gasteiger partial charge >= 0.3 is 0 Å². The Morgan fingerprint density at radius 1 is 1.54 bits per heavy atom. The molecule has 0 aliphatic carbocycles. The quantitative estimate of drug-likeness (QED) is 0.595. The van der Waals surface area contributed by atoms with Crippen molar-refractivity contribution in [1.29, 1.82) is 5.26 Å². The van der Waals surface area contributed by atoms with Gasteiger partial charge in [-0.1, -0.05) is 11.6 Å². The Labute approximate surface area is 79.4 Å². The Morgan fingerprint density at radius 2 is 2.31 bits per heavy atom. The van der Waals surface area contributed by atoms with Crippen molar-refractivity contribution in [1.82, 2.24) is 14.8 Å². The Kier molecular flexibility index (Phi) is 1.67. The first kappa shape index (κ1) is 8.02. The first-order chi connectivity index (χ1) is 6.22. The summed E-state index contributed by atoms with van der Waals surface area (Å²) in [5.74, 6) is 0. The Bertz CT molecular complexity index is 509. The number of nitrogens with zero attached hydrogens (tertiary/aromatic N) is 4. The molecule has 0 bridgehead atoms. The molecule has 0 aliphatic heterocycles. The van der Waals surface area contributed by atoms with Crippen LogP contribution in [0.2, 0.25) is 5.15 Å². The average molecular weight is 193 g/mol. The number of halogens is 1. The summed E-state index contributed by atoms with van der Waals surface area (Å²) in [6.07, 6.45) is 0. The number of nitriles is 1. The molecule has 2 aromatic heterocycles. The van der Waals surface area contributed by atoms with Crippen LogP contribution >= 0.6 is 11.6 Å². The van der Waals surface area contributed by atoms with Gasteiger partial charge in [-0.15, -0.1) is 0 Å². The number of pyridine rings is 1. The number of rotatable bonds is 0. The third-order valence-electron chi connectivity index (χ3n) is 1.76. The molecular formula is C8H5ClN4. The zero-order valence-electron chi connectivity index (χ0n) is 6.82. The van der Waals surface area contributed by atoms with Crippen LogP contribution in [0.25, 0.3) is 11.0 Å². The van der Waals surface area contributed by atoms with Crippen molar-refractivity contribution in [3.05, 3.63) is 23.0 Å². The van der Waals surface area contributed by atoms with Crippen LogP contribution in [-0.4, -0.2) is 14.8 Å². The van der Waals surface area contributed by atoms with Crippen LogP contribution in [0.15, 0.2) is 12.1 Å². The van der Waals surface area contributed by atoms with E-state index in [9.17, 15) is 0 Å². The summed E-state index contributed by atoms with van der Waals surface area (Å²) >= 11 is 5.71. The fourth-order valence-corrected chi connectivity index (χ4v) is 1.33. The van der Waals surface area contributed by atoms with Crippen LogP contribution in [0.4, 0.5) is 0 Å². The predicted molar refractivity (Wildman–Crippen MR) is 48.2 cm³/mol. The molecule has 64 valence electrons. The van der Waals surface area contributed by atoms with Gasteiger partial charge in [-0.2, -0.15) is 10.4 Å². The minimum absolute atomic E-state index is 0.377. The number of aryl methyl sites for hydroxylation is 1. The van der Waals surface area contributed by atoms with Gasteiger partial charge in [-0.25, -0.2) is 9.67 Å². The van der Waals surface area contributed by atoms with Crippen molar-refractivity contribution >= 4 is 22.6 Å². The minimum Gasteiger partial charge on any atom is -0.249 e. The molecule has 0 unspecified atom stereocenters. The highest BCUT2D eigenvalue weighted by molar-refractivity contribution is 6.29. The molecule has 0 amide bonds. The normalized spacial score (nSPS) is 10.2. The van der Waals surface area contributed by atoms with Crippen LogP contribution < -0.4 is 0 Å². The highest BCUT2D eigenvalue weighted by Crippen LogP contribution is 2.17. The van der Waals surface area contributed by atoms with E-state index in [4.69, 9.17) is 16.9 Å². The molecule has 2 aromatic rings. The summed E-state index contributed by atoms with van der Waals surface area (Å²) in [7, 11) is 1.73. The molecule has 0 radical (unpaired) electrons. The second-order valence-electron chi connectivity index (χ2n) is 2.59. The fourth-order valence-electron chi connectivity index (χ4n) is 1.19. The number of hydrogen-bond acceptors (Lipinski definition) is 3. The van der Waals surface area contributed by atoms with E-state index in [1.807, 2.05) is 6.07 Å². The van der Waals surface area contributed by atoms with E-state index in [0.29, 0.717) is 16.5 Å². The largest absolute Gasteiger partial charge is 0.249 e. The van der Waals surface area contributed by atoms with E-state index >= 15 is 0 Å². The molecule has 0 atom stereocenters. The molecule has 4 nitrogen and oxygen atoms in total. The van der Waals surface area contributed by atoms with Crippen molar-refractivity contribution in [3.63, 3.8) is 0 Å². The maximum atomic E-state index is 8.73. The lowest BCUT2D eigenvalue weighted by molar-refractivity contribution is 0.781. The van der Waals surface area contributed by atoms with Crippen LogP contribution in [0.1, 0.15) is 5.69 Å². The van der Waals surface area contributed by atoms with E-state index in [-0.39, 0.29) is 0 Å². The van der Waals surface area contributed by atoms with Crippen LogP contribution in [0, 0.1) is 11.3 Å². The van der Waals surface area contributed by atoms with Gasteiger partial charge in [0.1, 0.15) is 11.2 Å². The zero-order valence-corrected chi connectivity index (χ0v) is 7.58. The van der Waals surface area contributed by atoms with E-state index < -0.39 is 0 Å². The molecule has 5 heteroatoms. The lowest BCUT2D eigenvalue weighted by atomic mass is 10.3. The summed E-state index contributed by atoms with van der Waals surface area (Å²) in [5, 5.41) is 13.8. The van der Waals surface area contributed by atoms with Crippen molar-refractivity contribution in [2.75, 3.05) is 0 Å². The summed E-state index contributed by atoms with van der Waals surface area (Å²) in [4.78, 5) is 4.06. The van der Waals surface area contributed by atoms with Crippen LogP contribution in [0.3, 0.4) is 0 Å². The van der Waals surface area contributed by atoms with E-state index in [2.05, 4.69) is 10.1 Å². The van der Waals surface area contributed by atoms with E-state index in [1.165, 1.54) is 0 Å². The number of fused-ring (bicyclic) bond motifs is 1. The van der Waals surface area contributed by atoms with Gasteiger partial charge in [0.2, 0.25) is 0 Å². The minimum atomic E-state index is 0.377. The van der Waals surface area contributed by atoms with Gasteiger partial charge in [-0.05, 0) is 12.1 Å². The van der Waals surface area contributed by atoms with Crippen molar-refractivity contribution in [2.45, 2.75) is 0 Å². The number of hydrogen-bond donors (Lipinski definition) is 0. The topological polar surface area (TPSA) is 54.5 Å². The zero-order chi connectivity index (χ0) is 9.42. The molecule has 0 fully saturated rings. The van der Waals surface area contributed by atoms with Crippen molar-refractivity contribution < 1.29 is 0 Å². The Balaban J connectivity index is 2.90. The fraction of sp³-hybridized carbons (Fsp3) is 0.125. The van der Waals surface area contributed by atoms with Gasteiger partial charge in [0.25, 0.3) is 0 Å². The van der Waals surface area contributed by atoms with Gasteiger partial charge < -0.3 is 0 Å². The SMILES string of the molecule is Cn1nc(C#N)c2ccc(Cl)nc21. The third-order valence-corrected chi connectivity index (χ3v) is 1.97. The molecule has 0 saturated heterocycles. The highest BCUT2D eigenvalue weighted by Gasteiger charge is 2.08. The molecule has 13 heavy (non-hydrogen) atoms. The molecular weight excluding hydrogens is 188 g/mol. The second-order valence-corrected chi connectivity index (χ2v) is 2.98. The van der Waals surface area contributed by atoms with Gasteiger partial charge in [0.05, 0.1) is 5.39 Å². The Hall–Kier alpha value is -1.60. The molecule has 0 saturated carbocycles. The summed E-state index contributed by atoms with van der Waals surface area (Å²) in [6.45, 7) is 0. The van der Waals surface area contributed by atoms with Crippen molar-refractivity contribution in [2.24, 2.45) is 7.05 Å². The number of aromatic nitrogens is 3. The van der Waals surface area contributed by atoms with Gasteiger partial charge in [0.15, 0.2) is 11.3 Å². The van der Waals surface area contributed by atoms with Gasteiger partial charge in [-0.3, -0.25) is 0 Å². The highest BCUT2D eigenvalue weighted by atomic mass is 35.5. The maximum Gasteiger partial charge on any atom is 0.172 e. The third kappa shape index (κ3) is 1.14. The summed E-state index contributed by atoms with van der Waals surface area (Å²) in [5.41, 5.74) is 1.01. The standard InChI is InChI=1S/C8H5ClN4/c1-13-8-5(6(4-10)12-13)2-3-7(9)11-8/h2-3H,1H3. The van der Waals surface area contributed by atoms with Gasteiger partial charge in [0, 0.05) is 7.05 Å². The van der Waals surface area contributed by atoms with E-state index in [1.54, 1.807) is 23.9 Å². The first-order valence-electron chi connectivity index (χ1n) is 3.61. The molecule has 0 N–H and O–H groups in total. The smallest absolute Gasteiger partial charge is 0.172 e. The lowest BCUT2D eigenvalue weighted by Gasteiger charge is -1.92. The first-order valence-corrected chi connectivity index (χ1v) is 3.99. The molecule has 2 heterocycles. The predicted octanol–water partition coefficient (Wildman–Crippen LogP) is 1.49. The molecule has 0 spiro atoms. The Morgan fingerprint density at radius 3 is 3.00 bits per heavy atom. The van der Waals surface area contributed by atoms with Crippen LogP contribution in [0.5, 0.6) is 0 Å². The molecule has 0 aromatic carbocycles. The van der Waals surface area contributed by atoms with Crippen LogP contribution in [-0.2, 0) is 7.05 Å². The summed E-state index contributed by atoms with van der Waals surface area (Å²) in [6, 6.07) is 5.39. The summed E-state index contributed by atoms with van der Waals surface area (Å²) < 4.78 is 1.54. The second kappa shape index (κ2) is 2.71. The monoisotopic (exact) mass is 192 g/mol. The van der Waals surface area contributed by atoms with Crippen molar-refractivity contribution in [3.8, 4) is 6.07 Å². The van der Waals surface area contributed by atoms with E-state index in [0.717, 1.165) is 5.39 Å². The molecule has 2 rings (SSSR count). The average Bonchev–Trinajstić information content (AvgIpc) is 2.43.